The Labute approximate surface area is 119 Å². The molecule has 1 fully saturated rings. The van der Waals surface area contributed by atoms with Gasteiger partial charge in [0.2, 0.25) is 0 Å². The second-order valence-electron chi connectivity index (χ2n) is 5.13. The standard InChI is InChI=1S/C15H20N4O/c1-17-10-13-5-3-7-19(11-13)15(20)18-14-6-2-4-12(8-14)9-16/h2,4,6,8,13,17H,3,5,7,10-11H2,1H3,(H,18,20). The predicted octanol–water partition coefficient (Wildman–Crippen LogP) is 2.02. The highest BCUT2D eigenvalue weighted by Gasteiger charge is 2.23. The van der Waals surface area contributed by atoms with Gasteiger partial charge in [-0.15, -0.1) is 0 Å². The average molecular weight is 272 g/mol. The van der Waals surface area contributed by atoms with Gasteiger partial charge in [-0.2, -0.15) is 5.26 Å². The fourth-order valence-electron chi connectivity index (χ4n) is 2.57. The van der Waals surface area contributed by atoms with E-state index in [0.717, 1.165) is 32.5 Å². The van der Waals surface area contributed by atoms with Gasteiger partial charge in [0.1, 0.15) is 0 Å². The molecule has 2 rings (SSSR count). The zero-order valence-electron chi connectivity index (χ0n) is 11.7. The normalized spacial score (nSPS) is 18.4. The number of anilines is 1. The van der Waals surface area contributed by atoms with Gasteiger partial charge in [-0.3, -0.25) is 0 Å². The molecule has 1 aromatic carbocycles. The highest BCUT2D eigenvalue weighted by atomic mass is 16.2. The summed E-state index contributed by atoms with van der Waals surface area (Å²) < 4.78 is 0. The van der Waals surface area contributed by atoms with E-state index < -0.39 is 0 Å². The molecule has 106 valence electrons. The maximum absolute atomic E-state index is 12.2. The molecular weight excluding hydrogens is 252 g/mol. The van der Waals surface area contributed by atoms with E-state index in [9.17, 15) is 4.79 Å². The number of piperidine rings is 1. The first-order chi connectivity index (χ1) is 9.72. The van der Waals surface area contributed by atoms with Crippen LogP contribution in [0.4, 0.5) is 10.5 Å². The number of benzene rings is 1. The topological polar surface area (TPSA) is 68.2 Å². The van der Waals surface area contributed by atoms with Crippen LogP contribution in [0.3, 0.4) is 0 Å². The van der Waals surface area contributed by atoms with Gasteiger partial charge in [0.15, 0.2) is 0 Å². The predicted molar refractivity (Wildman–Crippen MR) is 78.4 cm³/mol. The van der Waals surface area contributed by atoms with E-state index in [2.05, 4.69) is 16.7 Å². The molecule has 2 N–H and O–H groups in total. The molecule has 20 heavy (non-hydrogen) atoms. The van der Waals surface area contributed by atoms with E-state index in [1.54, 1.807) is 24.3 Å². The number of urea groups is 1. The van der Waals surface area contributed by atoms with Gasteiger partial charge < -0.3 is 15.5 Å². The van der Waals surface area contributed by atoms with E-state index in [0.29, 0.717) is 17.2 Å². The number of hydrogen-bond donors (Lipinski definition) is 2. The molecular formula is C15H20N4O. The van der Waals surface area contributed by atoms with Crippen LogP contribution in [0, 0.1) is 17.2 Å². The van der Waals surface area contributed by atoms with Crippen molar-refractivity contribution >= 4 is 11.7 Å². The summed E-state index contributed by atoms with van der Waals surface area (Å²) in [5, 5.41) is 14.9. The Kier molecular flexibility index (Phi) is 4.97. The molecule has 1 atom stereocenters. The van der Waals surface area contributed by atoms with Gasteiger partial charge in [0.05, 0.1) is 11.6 Å². The monoisotopic (exact) mass is 272 g/mol. The number of amides is 2. The zero-order valence-corrected chi connectivity index (χ0v) is 11.7. The van der Waals surface area contributed by atoms with E-state index in [4.69, 9.17) is 5.26 Å². The third-order valence-corrected chi connectivity index (χ3v) is 3.54. The summed E-state index contributed by atoms with van der Waals surface area (Å²) in [5.41, 5.74) is 1.22. The number of nitriles is 1. The SMILES string of the molecule is CNCC1CCCN(C(=O)Nc2cccc(C#N)c2)C1. The smallest absolute Gasteiger partial charge is 0.321 e. The van der Waals surface area contributed by atoms with Crippen molar-refractivity contribution in [1.82, 2.24) is 10.2 Å². The van der Waals surface area contributed by atoms with Crippen molar-refractivity contribution in [2.75, 3.05) is 32.0 Å². The quantitative estimate of drug-likeness (QED) is 0.884. The van der Waals surface area contributed by atoms with Crippen molar-refractivity contribution < 1.29 is 4.79 Å². The number of nitrogens with zero attached hydrogens (tertiary/aromatic N) is 2. The summed E-state index contributed by atoms with van der Waals surface area (Å²) in [6, 6.07) is 8.97. The number of hydrogen-bond acceptors (Lipinski definition) is 3. The van der Waals surface area contributed by atoms with Gasteiger partial charge >= 0.3 is 6.03 Å². The van der Waals surface area contributed by atoms with Gasteiger partial charge in [-0.1, -0.05) is 6.07 Å². The van der Waals surface area contributed by atoms with Crippen LogP contribution in [0.2, 0.25) is 0 Å². The van der Waals surface area contributed by atoms with Crippen LogP contribution in [-0.4, -0.2) is 37.6 Å². The molecule has 1 aliphatic rings. The van der Waals surface area contributed by atoms with Crippen molar-refractivity contribution in [3.05, 3.63) is 29.8 Å². The molecule has 0 radical (unpaired) electrons. The van der Waals surface area contributed by atoms with Crippen LogP contribution in [0.15, 0.2) is 24.3 Å². The van der Waals surface area contributed by atoms with Crippen LogP contribution in [0.1, 0.15) is 18.4 Å². The summed E-state index contributed by atoms with van der Waals surface area (Å²) in [6.45, 7) is 2.52. The molecule has 1 unspecified atom stereocenters. The Morgan fingerprint density at radius 1 is 1.55 bits per heavy atom. The molecule has 1 heterocycles. The summed E-state index contributed by atoms with van der Waals surface area (Å²) in [4.78, 5) is 14.1. The van der Waals surface area contributed by atoms with Crippen LogP contribution in [0.5, 0.6) is 0 Å². The zero-order chi connectivity index (χ0) is 14.4. The fourth-order valence-corrected chi connectivity index (χ4v) is 2.57. The second-order valence-corrected chi connectivity index (χ2v) is 5.13. The van der Waals surface area contributed by atoms with Crippen molar-refractivity contribution in [3.63, 3.8) is 0 Å². The van der Waals surface area contributed by atoms with Crippen molar-refractivity contribution in [2.24, 2.45) is 5.92 Å². The highest BCUT2D eigenvalue weighted by molar-refractivity contribution is 5.89. The summed E-state index contributed by atoms with van der Waals surface area (Å²) in [7, 11) is 1.94. The molecule has 2 amide bonds. The van der Waals surface area contributed by atoms with Crippen molar-refractivity contribution in [3.8, 4) is 6.07 Å². The first-order valence-electron chi connectivity index (χ1n) is 6.93. The molecule has 0 aromatic heterocycles. The Bertz CT molecular complexity index is 507. The lowest BCUT2D eigenvalue weighted by molar-refractivity contribution is 0.177. The van der Waals surface area contributed by atoms with E-state index in [1.807, 2.05) is 11.9 Å². The minimum atomic E-state index is -0.0825. The minimum absolute atomic E-state index is 0.0825. The molecule has 5 heteroatoms. The van der Waals surface area contributed by atoms with Crippen molar-refractivity contribution in [1.29, 1.82) is 5.26 Å². The molecule has 0 aliphatic carbocycles. The van der Waals surface area contributed by atoms with Crippen LogP contribution in [-0.2, 0) is 0 Å². The summed E-state index contributed by atoms with van der Waals surface area (Å²) >= 11 is 0. The van der Waals surface area contributed by atoms with Gasteiger partial charge in [-0.05, 0) is 50.6 Å². The van der Waals surface area contributed by atoms with Crippen molar-refractivity contribution in [2.45, 2.75) is 12.8 Å². The largest absolute Gasteiger partial charge is 0.324 e. The van der Waals surface area contributed by atoms with Crippen LogP contribution < -0.4 is 10.6 Å². The molecule has 1 aliphatic heterocycles. The van der Waals surface area contributed by atoms with E-state index in [-0.39, 0.29) is 6.03 Å². The van der Waals surface area contributed by atoms with Gasteiger partial charge in [0.25, 0.3) is 0 Å². The number of likely N-dealkylation sites (tertiary alicyclic amines) is 1. The fraction of sp³-hybridized carbons (Fsp3) is 0.467. The van der Waals surface area contributed by atoms with E-state index in [1.165, 1.54) is 0 Å². The molecule has 0 spiro atoms. The molecule has 5 nitrogen and oxygen atoms in total. The Morgan fingerprint density at radius 2 is 2.40 bits per heavy atom. The first kappa shape index (κ1) is 14.4. The third kappa shape index (κ3) is 3.72. The third-order valence-electron chi connectivity index (χ3n) is 3.54. The second kappa shape index (κ2) is 6.92. The maximum atomic E-state index is 12.2. The lowest BCUT2D eigenvalue weighted by Gasteiger charge is -2.32. The van der Waals surface area contributed by atoms with Gasteiger partial charge in [-0.25, -0.2) is 4.79 Å². The van der Waals surface area contributed by atoms with Crippen LogP contribution in [0.25, 0.3) is 0 Å². The Hall–Kier alpha value is -2.06. The lowest BCUT2D eigenvalue weighted by atomic mass is 9.98. The summed E-state index contributed by atoms with van der Waals surface area (Å²) in [5.74, 6) is 0.518. The van der Waals surface area contributed by atoms with E-state index >= 15 is 0 Å². The number of nitrogens with one attached hydrogen (secondary N) is 2. The molecule has 0 saturated carbocycles. The van der Waals surface area contributed by atoms with Gasteiger partial charge in [0, 0.05) is 18.8 Å². The maximum Gasteiger partial charge on any atom is 0.321 e. The summed E-state index contributed by atoms with van der Waals surface area (Å²) in [6.07, 6.45) is 2.20. The van der Waals surface area contributed by atoms with Crippen LogP contribution >= 0.6 is 0 Å². The Balaban J connectivity index is 1.95. The molecule has 1 saturated heterocycles. The Morgan fingerprint density at radius 3 is 3.15 bits per heavy atom. The average Bonchev–Trinajstić information content (AvgIpc) is 2.48. The number of carbonyl (C=O) groups is 1. The number of carbonyl (C=O) groups excluding carboxylic acids is 1. The highest BCUT2D eigenvalue weighted by Crippen LogP contribution is 2.17. The molecule has 0 bridgehead atoms. The minimum Gasteiger partial charge on any atom is -0.324 e. The first-order valence-corrected chi connectivity index (χ1v) is 6.93. The number of rotatable bonds is 3. The lowest BCUT2D eigenvalue weighted by Crippen LogP contribution is -2.44. The molecule has 1 aromatic rings.